The van der Waals surface area contributed by atoms with E-state index in [0.717, 1.165) is 35.4 Å². The summed E-state index contributed by atoms with van der Waals surface area (Å²) in [6, 6.07) is 13.0. The molecule has 3 aromatic heterocycles. The molecule has 0 radical (unpaired) electrons. The number of pyridine rings is 1. The van der Waals surface area contributed by atoms with Crippen molar-refractivity contribution in [1.82, 2.24) is 29.8 Å². The van der Waals surface area contributed by atoms with Gasteiger partial charge < -0.3 is 4.90 Å². The molecule has 1 amide bonds. The number of carbonyl (C=O) groups excluding carboxylic acids is 1. The molecular formula is C25H21ClN6O. The SMILES string of the molecule is O=C(c1cccc(-c2cncnc2)n1)N1CCCC1c1cncc(Cc2cccc(Cl)c2)n1. The first-order valence-electron chi connectivity index (χ1n) is 10.8. The van der Waals surface area contributed by atoms with Crippen molar-refractivity contribution in [3.05, 3.63) is 101 Å². The quantitative estimate of drug-likeness (QED) is 0.438. The number of hydrogen-bond acceptors (Lipinski definition) is 6. The minimum absolute atomic E-state index is 0.113. The molecule has 0 spiro atoms. The van der Waals surface area contributed by atoms with Crippen LogP contribution < -0.4 is 0 Å². The Morgan fingerprint density at radius 1 is 1.00 bits per heavy atom. The zero-order chi connectivity index (χ0) is 22.6. The minimum atomic E-state index is -0.130. The lowest BCUT2D eigenvalue weighted by Crippen LogP contribution is -2.31. The number of rotatable bonds is 5. The predicted octanol–water partition coefficient (Wildman–Crippen LogP) is 4.55. The molecule has 1 unspecified atom stereocenters. The molecule has 0 N–H and O–H groups in total. The number of hydrogen-bond donors (Lipinski definition) is 0. The first-order valence-corrected chi connectivity index (χ1v) is 11.1. The zero-order valence-corrected chi connectivity index (χ0v) is 18.6. The molecule has 1 saturated heterocycles. The van der Waals surface area contributed by atoms with Gasteiger partial charge in [-0.25, -0.2) is 15.0 Å². The van der Waals surface area contributed by atoms with E-state index in [0.29, 0.717) is 29.4 Å². The van der Waals surface area contributed by atoms with Crippen LogP contribution in [0.4, 0.5) is 0 Å². The molecule has 4 aromatic rings. The van der Waals surface area contributed by atoms with Crippen molar-refractivity contribution in [2.45, 2.75) is 25.3 Å². The maximum absolute atomic E-state index is 13.4. The summed E-state index contributed by atoms with van der Waals surface area (Å²) in [6.45, 7) is 0.657. The highest BCUT2D eigenvalue weighted by Crippen LogP contribution is 2.32. The van der Waals surface area contributed by atoms with Crippen LogP contribution in [-0.4, -0.2) is 42.3 Å². The summed E-state index contributed by atoms with van der Waals surface area (Å²) in [5.41, 5.74) is 4.54. The van der Waals surface area contributed by atoms with Crippen LogP contribution in [0.1, 0.15) is 46.3 Å². The summed E-state index contributed by atoms with van der Waals surface area (Å²) >= 11 is 6.12. The van der Waals surface area contributed by atoms with Gasteiger partial charge in [0.1, 0.15) is 12.0 Å². The Hall–Kier alpha value is -3.71. The van der Waals surface area contributed by atoms with Crippen molar-refractivity contribution in [2.75, 3.05) is 6.54 Å². The van der Waals surface area contributed by atoms with Gasteiger partial charge >= 0.3 is 0 Å². The van der Waals surface area contributed by atoms with E-state index in [9.17, 15) is 4.79 Å². The van der Waals surface area contributed by atoms with E-state index < -0.39 is 0 Å². The monoisotopic (exact) mass is 456 g/mol. The first-order chi connectivity index (χ1) is 16.2. The summed E-state index contributed by atoms with van der Waals surface area (Å²) < 4.78 is 0. The molecular weight excluding hydrogens is 436 g/mol. The van der Waals surface area contributed by atoms with E-state index in [2.05, 4.69) is 19.9 Å². The first kappa shape index (κ1) is 21.2. The molecule has 0 saturated carbocycles. The van der Waals surface area contributed by atoms with Crippen molar-refractivity contribution in [2.24, 2.45) is 0 Å². The van der Waals surface area contributed by atoms with Crippen molar-refractivity contribution >= 4 is 17.5 Å². The number of aromatic nitrogens is 5. The molecule has 1 atom stereocenters. The summed E-state index contributed by atoms with van der Waals surface area (Å²) in [6.07, 6.45) is 10.7. The fourth-order valence-electron chi connectivity index (χ4n) is 4.14. The Kier molecular flexibility index (Phi) is 6.04. The van der Waals surface area contributed by atoms with Crippen molar-refractivity contribution in [3.8, 4) is 11.3 Å². The average Bonchev–Trinajstić information content (AvgIpc) is 3.34. The Labute approximate surface area is 196 Å². The molecule has 1 aliphatic heterocycles. The van der Waals surface area contributed by atoms with Gasteiger partial charge in [0.15, 0.2) is 0 Å². The number of carbonyl (C=O) groups is 1. The van der Waals surface area contributed by atoms with Gasteiger partial charge in [0.25, 0.3) is 5.91 Å². The highest BCUT2D eigenvalue weighted by Gasteiger charge is 2.32. The smallest absolute Gasteiger partial charge is 0.273 e. The van der Waals surface area contributed by atoms with Crippen LogP contribution in [-0.2, 0) is 6.42 Å². The average molecular weight is 457 g/mol. The van der Waals surface area contributed by atoms with Crippen LogP contribution in [0.5, 0.6) is 0 Å². The highest BCUT2D eigenvalue weighted by atomic mass is 35.5. The lowest BCUT2D eigenvalue weighted by molar-refractivity contribution is 0.0726. The summed E-state index contributed by atoms with van der Waals surface area (Å²) in [7, 11) is 0. The van der Waals surface area contributed by atoms with Gasteiger partial charge in [-0.15, -0.1) is 0 Å². The van der Waals surface area contributed by atoms with Gasteiger partial charge in [0, 0.05) is 42.1 Å². The number of halogens is 1. The Morgan fingerprint density at radius 2 is 1.85 bits per heavy atom. The molecule has 5 rings (SSSR count). The normalized spacial score (nSPS) is 15.5. The van der Waals surface area contributed by atoms with Gasteiger partial charge in [-0.2, -0.15) is 0 Å². The molecule has 1 aromatic carbocycles. The molecule has 164 valence electrons. The number of likely N-dealkylation sites (tertiary alicyclic amines) is 1. The van der Waals surface area contributed by atoms with Gasteiger partial charge in [-0.1, -0.05) is 29.8 Å². The third kappa shape index (κ3) is 4.73. The number of nitrogens with zero attached hydrogens (tertiary/aromatic N) is 6. The second kappa shape index (κ2) is 9.42. The topological polar surface area (TPSA) is 84.8 Å². The Morgan fingerprint density at radius 3 is 2.70 bits per heavy atom. The van der Waals surface area contributed by atoms with Gasteiger partial charge in [-0.05, 0) is 42.7 Å². The Balaban J connectivity index is 1.38. The maximum Gasteiger partial charge on any atom is 0.273 e. The van der Waals surface area contributed by atoms with Crippen molar-refractivity contribution in [3.63, 3.8) is 0 Å². The van der Waals surface area contributed by atoms with Gasteiger partial charge in [-0.3, -0.25) is 14.8 Å². The molecule has 33 heavy (non-hydrogen) atoms. The fraction of sp³-hybridized carbons (Fsp3) is 0.200. The predicted molar refractivity (Wildman–Crippen MR) is 125 cm³/mol. The van der Waals surface area contributed by atoms with Crippen molar-refractivity contribution < 1.29 is 4.79 Å². The van der Waals surface area contributed by atoms with E-state index in [1.54, 1.807) is 30.9 Å². The molecule has 4 heterocycles. The lowest BCUT2D eigenvalue weighted by Gasteiger charge is -2.24. The second-order valence-corrected chi connectivity index (χ2v) is 8.37. The summed E-state index contributed by atoms with van der Waals surface area (Å²) in [4.78, 5) is 37.1. The van der Waals surface area contributed by atoms with Crippen LogP contribution in [0.15, 0.2) is 73.6 Å². The summed E-state index contributed by atoms with van der Waals surface area (Å²) in [5.74, 6) is -0.113. The van der Waals surface area contributed by atoms with E-state index >= 15 is 0 Å². The largest absolute Gasteiger partial charge is 0.329 e. The van der Waals surface area contributed by atoms with Crippen LogP contribution in [0, 0.1) is 0 Å². The molecule has 8 heteroatoms. The fourth-order valence-corrected chi connectivity index (χ4v) is 4.35. The van der Waals surface area contributed by atoms with Crippen LogP contribution in [0.25, 0.3) is 11.3 Å². The van der Waals surface area contributed by atoms with Crippen LogP contribution >= 0.6 is 11.6 Å². The second-order valence-electron chi connectivity index (χ2n) is 7.93. The highest BCUT2D eigenvalue weighted by molar-refractivity contribution is 6.30. The molecule has 0 bridgehead atoms. The van der Waals surface area contributed by atoms with Crippen LogP contribution in [0.2, 0.25) is 5.02 Å². The third-order valence-corrected chi connectivity index (χ3v) is 5.89. The molecule has 7 nitrogen and oxygen atoms in total. The van der Waals surface area contributed by atoms with Crippen LogP contribution in [0.3, 0.4) is 0 Å². The summed E-state index contributed by atoms with van der Waals surface area (Å²) in [5, 5.41) is 0.695. The van der Waals surface area contributed by atoms with E-state index in [1.165, 1.54) is 6.33 Å². The number of benzene rings is 1. The van der Waals surface area contributed by atoms with E-state index in [-0.39, 0.29) is 11.9 Å². The third-order valence-electron chi connectivity index (χ3n) is 5.66. The zero-order valence-electron chi connectivity index (χ0n) is 17.8. The van der Waals surface area contributed by atoms with E-state index in [4.69, 9.17) is 16.6 Å². The van der Waals surface area contributed by atoms with Gasteiger partial charge in [0.2, 0.25) is 0 Å². The molecule has 1 aliphatic rings. The molecule has 0 aliphatic carbocycles. The number of amides is 1. The lowest BCUT2D eigenvalue weighted by atomic mass is 10.1. The molecule has 1 fully saturated rings. The Bertz CT molecular complexity index is 1280. The van der Waals surface area contributed by atoms with E-state index in [1.807, 2.05) is 41.3 Å². The minimum Gasteiger partial charge on any atom is -0.329 e. The van der Waals surface area contributed by atoms with Gasteiger partial charge in [0.05, 0.1) is 29.3 Å². The standard InChI is InChI=1S/C25H21ClN6O/c26-19-5-1-4-17(10-19)11-20-14-27-15-23(30-20)24-8-3-9-32(24)25(33)22-7-2-6-21(31-22)18-12-28-16-29-13-18/h1-2,4-7,10,12-16,24H,3,8-9,11H2. The maximum atomic E-state index is 13.4. The van der Waals surface area contributed by atoms with Crippen molar-refractivity contribution in [1.29, 1.82) is 0 Å².